The zero-order valence-corrected chi connectivity index (χ0v) is 13.9. The van der Waals surface area contributed by atoms with Crippen LogP contribution in [0.15, 0.2) is 30.7 Å². The average molecular weight is 330 g/mol. The van der Waals surface area contributed by atoms with Crippen molar-refractivity contribution >= 4 is 5.91 Å². The molecule has 7 nitrogen and oxygen atoms in total. The summed E-state index contributed by atoms with van der Waals surface area (Å²) in [5.41, 5.74) is 1.85. The van der Waals surface area contributed by atoms with Crippen LogP contribution in [0.4, 0.5) is 0 Å². The van der Waals surface area contributed by atoms with Gasteiger partial charge in [0.1, 0.15) is 12.4 Å². The second-order valence-electron chi connectivity index (χ2n) is 5.72. The lowest BCUT2D eigenvalue weighted by molar-refractivity contribution is -0.137. The minimum Gasteiger partial charge on any atom is -0.380 e. The van der Waals surface area contributed by atoms with Gasteiger partial charge in [-0.1, -0.05) is 0 Å². The van der Waals surface area contributed by atoms with Crippen molar-refractivity contribution in [1.29, 1.82) is 0 Å². The number of aromatic nitrogens is 3. The molecule has 0 aromatic carbocycles. The smallest absolute Gasteiger partial charge is 0.249 e. The zero-order valence-electron chi connectivity index (χ0n) is 13.9. The molecule has 128 valence electrons. The second-order valence-corrected chi connectivity index (χ2v) is 5.72. The van der Waals surface area contributed by atoms with E-state index in [4.69, 9.17) is 9.47 Å². The predicted molar refractivity (Wildman–Crippen MR) is 88.2 cm³/mol. The molecule has 0 bridgehead atoms. The van der Waals surface area contributed by atoms with Crippen molar-refractivity contribution in [3.63, 3.8) is 0 Å². The lowest BCUT2D eigenvalue weighted by Gasteiger charge is -2.22. The van der Waals surface area contributed by atoms with Gasteiger partial charge in [0.25, 0.3) is 0 Å². The number of hydrogen-bond donors (Lipinski definition) is 1. The Bertz CT molecular complexity index is 673. The fraction of sp³-hybridized carbons (Fsp3) is 0.471. The first-order valence-corrected chi connectivity index (χ1v) is 8.08. The number of carbonyl (C=O) groups excluding carboxylic acids is 1. The normalized spacial score (nSPS) is 20.5. The largest absolute Gasteiger partial charge is 0.380 e. The Labute approximate surface area is 141 Å². The van der Waals surface area contributed by atoms with Crippen LogP contribution in [0, 0.1) is 0 Å². The number of nitrogens with one attached hydrogen (secondary N) is 1. The molecule has 1 saturated heterocycles. The highest BCUT2D eigenvalue weighted by Gasteiger charge is 2.37. The van der Waals surface area contributed by atoms with E-state index in [1.54, 1.807) is 30.6 Å². The number of nitrogens with zero attached hydrogens (tertiary/aromatic N) is 3. The van der Waals surface area contributed by atoms with E-state index < -0.39 is 0 Å². The van der Waals surface area contributed by atoms with Crippen LogP contribution in [0.25, 0.3) is 11.3 Å². The van der Waals surface area contributed by atoms with Gasteiger partial charge < -0.3 is 19.4 Å². The van der Waals surface area contributed by atoms with Gasteiger partial charge >= 0.3 is 0 Å². The Morgan fingerprint density at radius 3 is 3.04 bits per heavy atom. The SMILES string of the molecule is CCOCC(=O)N1C[C@H](OC)C[C@H]1c1ncc(-c2cccnc2)[nH]1. The maximum Gasteiger partial charge on any atom is 0.249 e. The molecule has 0 aliphatic carbocycles. The third kappa shape index (κ3) is 3.47. The topological polar surface area (TPSA) is 80.3 Å². The quantitative estimate of drug-likeness (QED) is 0.873. The summed E-state index contributed by atoms with van der Waals surface area (Å²) in [5, 5.41) is 0. The number of aromatic amines is 1. The number of hydrogen-bond acceptors (Lipinski definition) is 5. The van der Waals surface area contributed by atoms with E-state index >= 15 is 0 Å². The first kappa shape index (κ1) is 16.6. The molecule has 1 fully saturated rings. The van der Waals surface area contributed by atoms with Crippen molar-refractivity contribution in [1.82, 2.24) is 19.9 Å². The molecule has 3 rings (SSSR count). The molecule has 7 heteroatoms. The van der Waals surface area contributed by atoms with Crippen LogP contribution in [-0.2, 0) is 14.3 Å². The van der Waals surface area contributed by atoms with Crippen molar-refractivity contribution in [3.05, 3.63) is 36.5 Å². The molecule has 2 aromatic heterocycles. The fourth-order valence-corrected chi connectivity index (χ4v) is 2.95. The van der Waals surface area contributed by atoms with Gasteiger partial charge in [-0.2, -0.15) is 0 Å². The van der Waals surface area contributed by atoms with E-state index in [1.807, 2.05) is 19.1 Å². The molecular weight excluding hydrogens is 308 g/mol. The predicted octanol–water partition coefficient (Wildman–Crippen LogP) is 1.80. The van der Waals surface area contributed by atoms with Gasteiger partial charge in [0.05, 0.1) is 24.0 Å². The molecular formula is C17H22N4O3. The maximum absolute atomic E-state index is 12.4. The van der Waals surface area contributed by atoms with Crippen molar-refractivity contribution in [2.75, 3.05) is 26.9 Å². The Morgan fingerprint density at radius 2 is 2.33 bits per heavy atom. The number of H-pyrrole nitrogens is 1. The third-order valence-corrected chi connectivity index (χ3v) is 4.23. The van der Waals surface area contributed by atoms with Crippen molar-refractivity contribution in [2.45, 2.75) is 25.5 Å². The van der Waals surface area contributed by atoms with Gasteiger partial charge in [-0.25, -0.2) is 4.98 Å². The second kappa shape index (κ2) is 7.55. The highest BCUT2D eigenvalue weighted by molar-refractivity contribution is 5.78. The van der Waals surface area contributed by atoms with Crippen LogP contribution in [0.1, 0.15) is 25.2 Å². The van der Waals surface area contributed by atoms with Crippen LogP contribution >= 0.6 is 0 Å². The Hall–Kier alpha value is -2.25. The summed E-state index contributed by atoms with van der Waals surface area (Å²) in [6.45, 7) is 3.03. The molecule has 1 aliphatic rings. The van der Waals surface area contributed by atoms with Gasteiger partial charge in [0.15, 0.2) is 0 Å². The minimum atomic E-state index is -0.131. The Kier molecular flexibility index (Phi) is 5.22. The molecule has 0 saturated carbocycles. The van der Waals surface area contributed by atoms with Crippen LogP contribution < -0.4 is 0 Å². The maximum atomic E-state index is 12.4. The molecule has 2 aromatic rings. The summed E-state index contributed by atoms with van der Waals surface area (Å²) >= 11 is 0. The molecule has 1 aliphatic heterocycles. The number of rotatable bonds is 6. The lowest BCUT2D eigenvalue weighted by atomic mass is 10.2. The van der Waals surface area contributed by atoms with Crippen molar-refractivity contribution < 1.29 is 14.3 Å². The molecule has 24 heavy (non-hydrogen) atoms. The monoisotopic (exact) mass is 330 g/mol. The van der Waals surface area contributed by atoms with Gasteiger partial charge in [-0.05, 0) is 19.1 Å². The number of ether oxygens (including phenoxy) is 2. The van der Waals surface area contributed by atoms with E-state index in [0.717, 1.165) is 17.1 Å². The number of carbonyl (C=O) groups is 1. The molecule has 0 unspecified atom stereocenters. The van der Waals surface area contributed by atoms with E-state index in [0.29, 0.717) is 19.6 Å². The summed E-state index contributed by atoms with van der Waals surface area (Å²) in [6, 6.07) is 3.72. The van der Waals surface area contributed by atoms with Crippen molar-refractivity contribution in [2.24, 2.45) is 0 Å². The number of methoxy groups -OCH3 is 1. The molecule has 2 atom stereocenters. The number of amides is 1. The lowest BCUT2D eigenvalue weighted by Crippen LogP contribution is -2.35. The van der Waals surface area contributed by atoms with Crippen LogP contribution in [0.2, 0.25) is 0 Å². The third-order valence-electron chi connectivity index (χ3n) is 4.23. The minimum absolute atomic E-state index is 0.00696. The highest BCUT2D eigenvalue weighted by atomic mass is 16.5. The Morgan fingerprint density at radius 1 is 1.46 bits per heavy atom. The molecule has 0 spiro atoms. The van der Waals surface area contributed by atoms with Gasteiger partial charge in [0.2, 0.25) is 5.91 Å². The summed E-state index contributed by atoms with van der Waals surface area (Å²) < 4.78 is 10.7. The first-order valence-electron chi connectivity index (χ1n) is 8.08. The van der Waals surface area contributed by atoms with E-state index in [2.05, 4.69) is 15.0 Å². The summed E-state index contributed by atoms with van der Waals surface area (Å²) in [4.78, 5) is 26.1. The van der Waals surface area contributed by atoms with Gasteiger partial charge in [-0.3, -0.25) is 9.78 Å². The molecule has 3 heterocycles. The van der Waals surface area contributed by atoms with Crippen LogP contribution in [-0.4, -0.2) is 58.7 Å². The summed E-state index contributed by atoms with van der Waals surface area (Å²) in [6.07, 6.45) is 6.01. The standard InChI is InChI=1S/C17H22N4O3/c1-3-24-11-16(22)21-10-13(23-2)7-15(21)17-19-9-14(20-17)12-5-4-6-18-8-12/h4-6,8-9,13,15H,3,7,10-11H2,1-2H3,(H,19,20)/t13-,15+/m1/s1. The molecule has 1 amide bonds. The number of imidazole rings is 1. The first-order chi connectivity index (χ1) is 11.7. The fourth-order valence-electron chi connectivity index (χ4n) is 2.95. The zero-order chi connectivity index (χ0) is 16.9. The van der Waals surface area contributed by atoms with Crippen LogP contribution in [0.3, 0.4) is 0 Å². The average Bonchev–Trinajstić information content (AvgIpc) is 3.27. The molecule has 1 N–H and O–H groups in total. The number of likely N-dealkylation sites (tertiary alicyclic amines) is 1. The van der Waals surface area contributed by atoms with E-state index in [1.165, 1.54) is 0 Å². The van der Waals surface area contributed by atoms with Crippen molar-refractivity contribution in [3.8, 4) is 11.3 Å². The van der Waals surface area contributed by atoms with Gasteiger partial charge in [-0.15, -0.1) is 0 Å². The summed E-state index contributed by atoms with van der Waals surface area (Å²) in [5.74, 6) is 0.721. The number of pyridine rings is 1. The Balaban J connectivity index is 1.80. The van der Waals surface area contributed by atoms with E-state index in [9.17, 15) is 4.79 Å². The molecule has 0 radical (unpaired) electrons. The van der Waals surface area contributed by atoms with Gasteiger partial charge in [0, 0.05) is 44.6 Å². The van der Waals surface area contributed by atoms with E-state index in [-0.39, 0.29) is 24.7 Å². The summed E-state index contributed by atoms with van der Waals surface area (Å²) in [7, 11) is 1.67. The highest BCUT2D eigenvalue weighted by Crippen LogP contribution is 2.32. The van der Waals surface area contributed by atoms with Crippen LogP contribution in [0.5, 0.6) is 0 Å².